The average Bonchev–Trinajstić information content (AvgIpc) is 2.26. The van der Waals surface area contributed by atoms with Gasteiger partial charge in [-0.25, -0.2) is 9.78 Å². The van der Waals surface area contributed by atoms with Crippen LogP contribution in [0.4, 0.5) is 0 Å². The normalized spacial score (nSPS) is 10.2. The van der Waals surface area contributed by atoms with Gasteiger partial charge in [-0.15, -0.1) is 0 Å². The van der Waals surface area contributed by atoms with Crippen molar-refractivity contribution < 1.29 is 9.53 Å². The predicted molar refractivity (Wildman–Crippen MR) is 54.0 cm³/mol. The average molecular weight is 193 g/mol. The molecule has 0 spiro atoms. The Kier molecular flexibility index (Phi) is 4.11. The van der Waals surface area contributed by atoms with Crippen LogP contribution in [0, 0.1) is 0 Å². The number of carbonyl (C=O) groups is 1. The highest BCUT2D eigenvalue weighted by atomic mass is 16.5. The molecule has 1 heterocycles. The Balaban J connectivity index is 2.59. The van der Waals surface area contributed by atoms with E-state index >= 15 is 0 Å². The number of esters is 1. The number of carbonyl (C=O) groups excluding carboxylic acids is 1. The van der Waals surface area contributed by atoms with Gasteiger partial charge in [-0.2, -0.15) is 0 Å². The summed E-state index contributed by atoms with van der Waals surface area (Å²) in [6, 6.07) is 5.20. The van der Waals surface area contributed by atoms with Crippen LogP contribution in [0.1, 0.15) is 37.2 Å². The summed E-state index contributed by atoms with van der Waals surface area (Å²) in [6.45, 7) is 4.00. The SMILES string of the molecule is CCC(CC)OC(=O)c1ccccn1. The topological polar surface area (TPSA) is 39.2 Å². The van der Waals surface area contributed by atoms with Crippen molar-refractivity contribution in [3.05, 3.63) is 30.1 Å². The number of hydrogen-bond acceptors (Lipinski definition) is 3. The Morgan fingerprint density at radius 3 is 2.64 bits per heavy atom. The molecule has 1 aromatic heterocycles. The first kappa shape index (κ1) is 10.7. The van der Waals surface area contributed by atoms with Crippen molar-refractivity contribution in [1.82, 2.24) is 4.98 Å². The van der Waals surface area contributed by atoms with Gasteiger partial charge in [0.15, 0.2) is 0 Å². The van der Waals surface area contributed by atoms with E-state index in [1.165, 1.54) is 0 Å². The second kappa shape index (κ2) is 5.37. The second-order valence-corrected chi connectivity index (χ2v) is 3.06. The van der Waals surface area contributed by atoms with E-state index < -0.39 is 0 Å². The summed E-state index contributed by atoms with van der Waals surface area (Å²) >= 11 is 0. The van der Waals surface area contributed by atoms with Gasteiger partial charge in [0.05, 0.1) is 0 Å². The lowest BCUT2D eigenvalue weighted by molar-refractivity contribution is 0.0277. The van der Waals surface area contributed by atoms with Crippen LogP contribution < -0.4 is 0 Å². The molecule has 1 rings (SSSR count). The molecule has 0 saturated heterocycles. The van der Waals surface area contributed by atoms with Gasteiger partial charge < -0.3 is 4.74 Å². The smallest absolute Gasteiger partial charge is 0.357 e. The van der Waals surface area contributed by atoms with Gasteiger partial charge in [0.25, 0.3) is 0 Å². The molecule has 0 fully saturated rings. The molecule has 0 unspecified atom stereocenters. The minimum absolute atomic E-state index is 0.00417. The second-order valence-electron chi connectivity index (χ2n) is 3.06. The summed E-state index contributed by atoms with van der Waals surface area (Å²) in [5, 5.41) is 0. The number of ether oxygens (including phenoxy) is 1. The van der Waals surface area contributed by atoms with Crippen molar-refractivity contribution in [3.63, 3.8) is 0 Å². The molecule has 0 amide bonds. The third kappa shape index (κ3) is 2.83. The van der Waals surface area contributed by atoms with E-state index in [0.717, 1.165) is 12.8 Å². The molecular formula is C11H15NO2. The van der Waals surface area contributed by atoms with Crippen molar-refractivity contribution in [2.24, 2.45) is 0 Å². The molecule has 3 heteroatoms. The molecule has 0 bridgehead atoms. The zero-order chi connectivity index (χ0) is 10.4. The molecule has 0 saturated carbocycles. The largest absolute Gasteiger partial charge is 0.458 e. The third-order valence-electron chi connectivity index (χ3n) is 2.06. The van der Waals surface area contributed by atoms with Gasteiger partial charge in [0.1, 0.15) is 11.8 Å². The molecule has 0 atom stereocenters. The van der Waals surface area contributed by atoms with Crippen LogP contribution in [0.3, 0.4) is 0 Å². The van der Waals surface area contributed by atoms with E-state index in [1.54, 1.807) is 24.4 Å². The number of hydrogen-bond donors (Lipinski definition) is 0. The summed E-state index contributed by atoms with van der Waals surface area (Å²) in [4.78, 5) is 15.4. The van der Waals surface area contributed by atoms with Crippen molar-refractivity contribution in [1.29, 1.82) is 0 Å². The van der Waals surface area contributed by atoms with E-state index in [1.807, 2.05) is 13.8 Å². The van der Waals surface area contributed by atoms with Gasteiger partial charge >= 0.3 is 5.97 Å². The highest BCUT2D eigenvalue weighted by Crippen LogP contribution is 2.06. The molecule has 3 nitrogen and oxygen atoms in total. The van der Waals surface area contributed by atoms with Crippen molar-refractivity contribution in [2.75, 3.05) is 0 Å². The Bertz CT molecular complexity index is 281. The molecule has 0 aliphatic heterocycles. The Labute approximate surface area is 84.1 Å². The van der Waals surface area contributed by atoms with E-state index in [2.05, 4.69) is 4.98 Å². The summed E-state index contributed by atoms with van der Waals surface area (Å²) in [5.41, 5.74) is 0.374. The Morgan fingerprint density at radius 1 is 1.43 bits per heavy atom. The fourth-order valence-electron chi connectivity index (χ4n) is 1.15. The molecule has 14 heavy (non-hydrogen) atoms. The first-order valence-electron chi connectivity index (χ1n) is 4.90. The number of rotatable bonds is 4. The van der Waals surface area contributed by atoms with E-state index in [9.17, 15) is 4.79 Å². The van der Waals surface area contributed by atoms with E-state index in [4.69, 9.17) is 4.74 Å². The van der Waals surface area contributed by atoms with Crippen molar-refractivity contribution in [2.45, 2.75) is 32.8 Å². The number of nitrogens with zero attached hydrogens (tertiary/aromatic N) is 1. The van der Waals surface area contributed by atoms with Gasteiger partial charge in [0.2, 0.25) is 0 Å². The molecule has 0 radical (unpaired) electrons. The summed E-state index contributed by atoms with van der Waals surface area (Å²) in [7, 11) is 0. The van der Waals surface area contributed by atoms with Crippen LogP contribution in [0.2, 0.25) is 0 Å². The van der Waals surface area contributed by atoms with Gasteiger partial charge in [-0.05, 0) is 25.0 Å². The standard InChI is InChI=1S/C11H15NO2/c1-3-9(4-2)14-11(13)10-7-5-6-8-12-10/h5-9H,3-4H2,1-2H3. The third-order valence-corrected chi connectivity index (χ3v) is 2.06. The van der Waals surface area contributed by atoms with Crippen LogP contribution in [0.15, 0.2) is 24.4 Å². The van der Waals surface area contributed by atoms with Crippen LogP contribution in [0.5, 0.6) is 0 Å². The van der Waals surface area contributed by atoms with Crippen molar-refractivity contribution >= 4 is 5.97 Å². The quantitative estimate of drug-likeness (QED) is 0.689. The molecule has 1 aromatic rings. The molecule has 0 N–H and O–H groups in total. The highest BCUT2D eigenvalue weighted by Gasteiger charge is 2.12. The highest BCUT2D eigenvalue weighted by molar-refractivity contribution is 5.87. The predicted octanol–water partition coefficient (Wildman–Crippen LogP) is 2.43. The van der Waals surface area contributed by atoms with E-state index in [-0.39, 0.29) is 12.1 Å². The molecular weight excluding hydrogens is 178 g/mol. The van der Waals surface area contributed by atoms with Crippen LogP contribution in [0.25, 0.3) is 0 Å². The fourth-order valence-corrected chi connectivity index (χ4v) is 1.15. The maximum Gasteiger partial charge on any atom is 0.357 e. The van der Waals surface area contributed by atoms with Gasteiger partial charge in [-0.3, -0.25) is 0 Å². The van der Waals surface area contributed by atoms with Crippen LogP contribution in [-0.2, 0) is 4.74 Å². The van der Waals surface area contributed by atoms with Crippen LogP contribution in [-0.4, -0.2) is 17.1 Å². The van der Waals surface area contributed by atoms with Crippen LogP contribution >= 0.6 is 0 Å². The van der Waals surface area contributed by atoms with Gasteiger partial charge in [-0.1, -0.05) is 19.9 Å². The van der Waals surface area contributed by atoms with Crippen molar-refractivity contribution in [3.8, 4) is 0 Å². The van der Waals surface area contributed by atoms with E-state index in [0.29, 0.717) is 5.69 Å². The van der Waals surface area contributed by atoms with Gasteiger partial charge in [0, 0.05) is 6.20 Å². The maximum atomic E-state index is 11.5. The lowest BCUT2D eigenvalue weighted by Gasteiger charge is -2.13. The minimum atomic E-state index is -0.334. The summed E-state index contributed by atoms with van der Waals surface area (Å²) < 4.78 is 5.23. The maximum absolute atomic E-state index is 11.5. The first-order chi connectivity index (χ1) is 6.77. The first-order valence-corrected chi connectivity index (χ1v) is 4.90. The monoisotopic (exact) mass is 193 g/mol. The minimum Gasteiger partial charge on any atom is -0.458 e. The lowest BCUT2D eigenvalue weighted by atomic mass is 10.2. The molecule has 0 aliphatic rings. The fraction of sp³-hybridized carbons (Fsp3) is 0.455. The number of aromatic nitrogens is 1. The molecule has 0 aliphatic carbocycles. The zero-order valence-corrected chi connectivity index (χ0v) is 8.56. The number of pyridine rings is 1. The molecule has 76 valence electrons. The lowest BCUT2D eigenvalue weighted by Crippen LogP contribution is -2.17. The Hall–Kier alpha value is -1.38. The molecule has 0 aromatic carbocycles. The zero-order valence-electron chi connectivity index (χ0n) is 8.56. The summed E-state index contributed by atoms with van der Waals surface area (Å²) in [5.74, 6) is -0.334. The Morgan fingerprint density at radius 2 is 2.14 bits per heavy atom. The summed E-state index contributed by atoms with van der Waals surface area (Å²) in [6.07, 6.45) is 3.28.